The summed E-state index contributed by atoms with van der Waals surface area (Å²) in [7, 11) is -2.04. The van der Waals surface area contributed by atoms with E-state index >= 15 is 0 Å². The Kier molecular flexibility index (Phi) is 6.15. The van der Waals surface area contributed by atoms with Crippen LogP contribution in [0.25, 0.3) is 0 Å². The van der Waals surface area contributed by atoms with Crippen molar-refractivity contribution < 1.29 is 17.9 Å². The number of rotatable bonds is 8. The second-order valence-corrected chi connectivity index (χ2v) is 9.19. The summed E-state index contributed by atoms with van der Waals surface area (Å²) in [6.07, 6.45) is 2.95. The zero-order valence-electron chi connectivity index (χ0n) is 15.8. The van der Waals surface area contributed by atoms with Crippen molar-refractivity contribution in [2.45, 2.75) is 25.4 Å². The third-order valence-corrected chi connectivity index (χ3v) is 5.97. The maximum Gasteiger partial charge on any atom is 0.243 e. The number of hydrogen-bond donors (Lipinski definition) is 0. The van der Waals surface area contributed by atoms with E-state index in [4.69, 9.17) is 16.3 Å². The molecule has 1 fully saturated rings. The van der Waals surface area contributed by atoms with Gasteiger partial charge in [-0.15, -0.1) is 0 Å². The zero-order chi connectivity index (χ0) is 20.3. The predicted octanol–water partition coefficient (Wildman–Crippen LogP) is 3.31. The van der Waals surface area contributed by atoms with Gasteiger partial charge in [0.2, 0.25) is 15.9 Å². The number of hydrogen-bond acceptors (Lipinski definition) is 4. The maximum atomic E-state index is 13.0. The third kappa shape index (κ3) is 5.17. The Hall–Kier alpha value is -2.25. The van der Waals surface area contributed by atoms with Crippen molar-refractivity contribution in [3.05, 3.63) is 59.1 Å². The summed E-state index contributed by atoms with van der Waals surface area (Å²) >= 11 is 6.00. The van der Waals surface area contributed by atoms with E-state index in [0.29, 0.717) is 17.3 Å². The summed E-state index contributed by atoms with van der Waals surface area (Å²) in [6, 6.07) is 14.2. The highest BCUT2D eigenvalue weighted by Crippen LogP contribution is 2.30. The normalized spacial score (nSPS) is 13.8. The molecule has 1 aliphatic carbocycles. The summed E-state index contributed by atoms with van der Waals surface area (Å²) < 4.78 is 30.9. The van der Waals surface area contributed by atoms with Gasteiger partial charge in [0.05, 0.1) is 19.1 Å². The Labute approximate surface area is 170 Å². The molecular formula is C20H23ClN2O4S. The molecule has 2 aromatic rings. The van der Waals surface area contributed by atoms with Crippen molar-refractivity contribution in [2.24, 2.45) is 0 Å². The highest BCUT2D eigenvalue weighted by atomic mass is 35.5. The SMILES string of the molecule is COc1ccc(CN(C(=O)CN(c2cccc(Cl)c2)S(C)(=O)=O)C2CC2)cc1. The lowest BCUT2D eigenvalue weighted by Gasteiger charge is -2.28. The quantitative estimate of drug-likeness (QED) is 0.654. The molecule has 6 nitrogen and oxygen atoms in total. The van der Waals surface area contributed by atoms with Crippen LogP contribution >= 0.6 is 11.6 Å². The van der Waals surface area contributed by atoms with Gasteiger partial charge >= 0.3 is 0 Å². The van der Waals surface area contributed by atoms with Gasteiger partial charge in [0, 0.05) is 17.6 Å². The summed E-state index contributed by atoms with van der Waals surface area (Å²) in [4.78, 5) is 14.8. The fourth-order valence-electron chi connectivity index (χ4n) is 2.98. The highest BCUT2D eigenvalue weighted by molar-refractivity contribution is 7.92. The van der Waals surface area contributed by atoms with Gasteiger partial charge < -0.3 is 9.64 Å². The number of methoxy groups -OCH3 is 1. The molecule has 0 heterocycles. The average molecular weight is 423 g/mol. The standard InChI is InChI=1S/C20H23ClN2O4S/c1-27-19-10-6-15(7-11-19)13-22(17-8-9-17)20(24)14-23(28(2,25)26)18-5-3-4-16(21)12-18/h3-7,10-12,17H,8-9,13-14H2,1-2H3. The van der Waals surface area contributed by atoms with Crippen LogP contribution < -0.4 is 9.04 Å². The fourth-order valence-corrected chi connectivity index (χ4v) is 4.01. The number of carbonyl (C=O) groups excluding carboxylic acids is 1. The van der Waals surface area contributed by atoms with Gasteiger partial charge in [-0.3, -0.25) is 9.10 Å². The molecule has 0 saturated heterocycles. The van der Waals surface area contributed by atoms with Crippen molar-refractivity contribution >= 4 is 33.2 Å². The second-order valence-electron chi connectivity index (χ2n) is 6.85. The Morgan fingerprint density at radius 3 is 2.39 bits per heavy atom. The fraction of sp³-hybridized carbons (Fsp3) is 0.350. The van der Waals surface area contributed by atoms with Crippen LogP contribution in [0.5, 0.6) is 5.75 Å². The molecule has 1 aliphatic rings. The number of nitrogens with zero attached hydrogens (tertiary/aromatic N) is 2. The molecule has 3 rings (SSSR count). The van der Waals surface area contributed by atoms with Crippen molar-refractivity contribution in [3.63, 3.8) is 0 Å². The minimum absolute atomic E-state index is 0.148. The van der Waals surface area contributed by atoms with Crippen LogP contribution in [0.4, 0.5) is 5.69 Å². The summed E-state index contributed by atoms with van der Waals surface area (Å²) in [5.41, 5.74) is 1.35. The molecule has 0 atom stereocenters. The highest BCUT2D eigenvalue weighted by Gasteiger charge is 2.34. The van der Waals surface area contributed by atoms with E-state index < -0.39 is 10.0 Å². The first-order chi connectivity index (χ1) is 13.3. The molecule has 28 heavy (non-hydrogen) atoms. The molecule has 0 spiro atoms. The number of amides is 1. The topological polar surface area (TPSA) is 66.9 Å². The van der Waals surface area contributed by atoms with Crippen LogP contribution in [0, 0.1) is 0 Å². The first-order valence-electron chi connectivity index (χ1n) is 8.93. The van der Waals surface area contributed by atoms with Crippen molar-refractivity contribution in [1.29, 1.82) is 0 Å². The molecule has 1 saturated carbocycles. The van der Waals surface area contributed by atoms with E-state index in [9.17, 15) is 13.2 Å². The van der Waals surface area contributed by atoms with Crippen LogP contribution in [-0.2, 0) is 21.4 Å². The third-order valence-electron chi connectivity index (χ3n) is 4.60. The first kappa shape index (κ1) is 20.5. The van der Waals surface area contributed by atoms with Crippen LogP contribution in [0.15, 0.2) is 48.5 Å². The monoisotopic (exact) mass is 422 g/mol. The number of ether oxygens (including phenoxy) is 1. The van der Waals surface area contributed by atoms with Gasteiger partial charge in [-0.1, -0.05) is 29.8 Å². The predicted molar refractivity (Wildman–Crippen MR) is 110 cm³/mol. The van der Waals surface area contributed by atoms with Crippen LogP contribution in [0.2, 0.25) is 5.02 Å². The van der Waals surface area contributed by atoms with Crippen molar-refractivity contribution in [3.8, 4) is 5.75 Å². The molecule has 0 radical (unpaired) electrons. The molecule has 1 amide bonds. The van der Waals surface area contributed by atoms with Gasteiger partial charge in [0.15, 0.2) is 0 Å². The Morgan fingerprint density at radius 2 is 1.86 bits per heavy atom. The Morgan fingerprint density at radius 1 is 1.18 bits per heavy atom. The maximum absolute atomic E-state index is 13.0. The molecule has 0 N–H and O–H groups in total. The largest absolute Gasteiger partial charge is 0.497 e. The minimum Gasteiger partial charge on any atom is -0.497 e. The van der Waals surface area contributed by atoms with Gasteiger partial charge in [-0.25, -0.2) is 8.42 Å². The van der Waals surface area contributed by atoms with Crippen LogP contribution in [-0.4, -0.2) is 45.2 Å². The van der Waals surface area contributed by atoms with Gasteiger partial charge in [0.25, 0.3) is 0 Å². The van der Waals surface area contributed by atoms with Gasteiger partial charge in [-0.05, 0) is 48.7 Å². The molecule has 0 aliphatic heterocycles. The molecule has 0 bridgehead atoms. The lowest BCUT2D eigenvalue weighted by Crippen LogP contribution is -2.43. The molecule has 0 aromatic heterocycles. The number of anilines is 1. The summed E-state index contributed by atoms with van der Waals surface area (Å²) in [5, 5.41) is 0.413. The number of carbonyl (C=O) groups is 1. The molecule has 0 unspecified atom stereocenters. The molecular weight excluding hydrogens is 400 g/mol. The van der Waals surface area contributed by atoms with E-state index in [1.54, 1.807) is 36.3 Å². The first-order valence-corrected chi connectivity index (χ1v) is 11.2. The van der Waals surface area contributed by atoms with Gasteiger partial charge in [-0.2, -0.15) is 0 Å². The van der Waals surface area contributed by atoms with Crippen molar-refractivity contribution in [2.75, 3.05) is 24.2 Å². The smallest absolute Gasteiger partial charge is 0.243 e. The van der Waals surface area contributed by atoms with Crippen LogP contribution in [0.1, 0.15) is 18.4 Å². The van der Waals surface area contributed by atoms with E-state index in [1.165, 1.54) is 0 Å². The average Bonchev–Trinajstić information content (AvgIpc) is 3.48. The van der Waals surface area contributed by atoms with Gasteiger partial charge in [0.1, 0.15) is 12.3 Å². The van der Waals surface area contributed by atoms with E-state index in [1.807, 2.05) is 24.3 Å². The van der Waals surface area contributed by atoms with E-state index in [0.717, 1.165) is 34.7 Å². The lowest BCUT2D eigenvalue weighted by molar-refractivity contribution is -0.130. The number of halogens is 1. The number of benzene rings is 2. The Balaban J connectivity index is 1.79. The molecule has 150 valence electrons. The molecule has 8 heteroatoms. The lowest BCUT2D eigenvalue weighted by atomic mass is 10.2. The molecule has 2 aromatic carbocycles. The van der Waals surface area contributed by atoms with Crippen LogP contribution in [0.3, 0.4) is 0 Å². The Bertz CT molecular complexity index is 943. The number of sulfonamides is 1. The zero-order valence-corrected chi connectivity index (χ0v) is 17.4. The minimum atomic E-state index is -3.64. The summed E-state index contributed by atoms with van der Waals surface area (Å²) in [5.74, 6) is 0.515. The van der Waals surface area contributed by atoms with Crippen molar-refractivity contribution in [1.82, 2.24) is 4.90 Å². The summed E-state index contributed by atoms with van der Waals surface area (Å²) in [6.45, 7) is 0.173. The van der Waals surface area contributed by atoms with E-state index in [2.05, 4.69) is 0 Å². The second kappa shape index (κ2) is 8.41. The van der Waals surface area contributed by atoms with E-state index in [-0.39, 0.29) is 18.5 Å².